The quantitative estimate of drug-likeness (QED) is 0.814. The number of morpholine rings is 1. The molecule has 2 fully saturated rings. The van der Waals surface area contributed by atoms with Crippen molar-refractivity contribution < 1.29 is 13.9 Å². The number of ether oxygens (including phenoxy) is 1. The molecule has 0 radical (unpaired) electrons. The number of carbonyl (C=O) groups excluding carboxylic acids is 1. The normalized spacial score (nSPS) is 18.4. The van der Waals surface area contributed by atoms with Crippen molar-refractivity contribution >= 4 is 11.7 Å². The van der Waals surface area contributed by atoms with Crippen LogP contribution in [0.1, 0.15) is 30.1 Å². The van der Waals surface area contributed by atoms with E-state index in [0.717, 1.165) is 31.5 Å². The zero-order valence-corrected chi connectivity index (χ0v) is 16.1. The fraction of sp³-hybridized carbons (Fsp3) is 0.476. The Hall–Kier alpha value is -2.54. The highest BCUT2D eigenvalue weighted by atomic mass is 19.1. The Bertz CT molecular complexity index is 829. The van der Waals surface area contributed by atoms with Crippen molar-refractivity contribution in [2.75, 3.05) is 44.3 Å². The lowest BCUT2D eigenvalue weighted by molar-refractivity contribution is 0.0302. The van der Waals surface area contributed by atoms with Crippen LogP contribution in [-0.4, -0.2) is 60.2 Å². The topological polar surface area (TPSA) is 58.6 Å². The molecule has 28 heavy (non-hydrogen) atoms. The first-order valence-electron chi connectivity index (χ1n) is 9.87. The van der Waals surface area contributed by atoms with Gasteiger partial charge in [-0.3, -0.25) is 4.79 Å². The zero-order valence-electron chi connectivity index (χ0n) is 16.1. The second-order valence-electron chi connectivity index (χ2n) is 7.51. The minimum atomic E-state index is -0.298. The van der Waals surface area contributed by atoms with Crippen LogP contribution in [0.2, 0.25) is 0 Å². The Balaban J connectivity index is 1.69. The Morgan fingerprint density at radius 1 is 1.11 bits per heavy atom. The van der Waals surface area contributed by atoms with E-state index in [-0.39, 0.29) is 11.7 Å². The number of piperidine rings is 1. The molecular formula is C21H25FN4O2. The smallest absolute Gasteiger partial charge is 0.259 e. The van der Waals surface area contributed by atoms with Crippen LogP contribution in [0.25, 0.3) is 11.4 Å². The molecule has 0 bridgehead atoms. The molecule has 0 spiro atoms. The van der Waals surface area contributed by atoms with E-state index >= 15 is 0 Å². The zero-order chi connectivity index (χ0) is 19.5. The van der Waals surface area contributed by atoms with E-state index in [1.807, 2.05) is 0 Å². The summed E-state index contributed by atoms with van der Waals surface area (Å²) in [7, 11) is 0. The first-order valence-corrected chi connectivity index (χ1v) is 9.87. The van der Waals surface area contributed by atoms with Crippen molar-refractivity contribution in [2.45, 2.75) is 19.8 Å². The molecule has 148 valence electrons. The lowest BCUT2D eigenvalue weighted by atomic mass is 9.99. The number of hydrogen-bond donors (Lipinski definition) is 0. The second-order valence-corrected chi connectivity index (χ2v) is 7.51. The van der Waals surface area contributed by atoms with Gasteiger partial charge in [0.15, 0.2) is 5.82 Å². The van der Waals surface area contributed by atoms with Gasteiger partial charge in [0.2, 0.25) is 0 Å². The standard InChI is InChI=1S/C21H25FN4O2/c1-15-6-8-25(9-7-15)20-18(21(27)26-10-12-28-13-11-26)14-23-19(24-20)16-2-4-17(22)5-3-16/h2-5,14-15H,6-13H2,1H3. The highest BCUT2D eigenvalue weighted by Gasteiger charge is 2.27. The average molecular weight is 384 g/mol. The van der Waals surface area contributed by atoms with E-state index in [0.29, 0.717) is 49.4 Å². The minimum absolute atomic E-state index is 0.0532. The van der Waals surface area contributed by atoms with Crippen molar-refractivity contribution in [2.24, 2.45) is 5.92 Å². The molecule has 7 heteroatoms. The fourth-order valence-corrected chi connectivity index (χ4v) is 3.66. The third-order valence-electron chi connectivity index (χ3n) is 5.48. The summed E-state index contributed by atoms with van der Waals surface area (Å²) in [5.74, 6) is 1.51. The maximum atomic E-state index is 13.3. The summed E-state index contributed by atoms with van der Waals surface area (Å²) in [6.45, 7) is 6.24. The van der Waals surface area contributed by atoms with E-state index in [2.05, 4.69) is 16.8 Å². The molecular weight excluding hydrogens is 359 g/mol. The number of amides is 1. The van der Waals surface area contributed by atoms with Crippen LogP contribution in [0.3, 0.4) is 0 Å². The molecule has 4 rings (SSSR count). The summed E-state index contributed by atoms with van der Waals surface area (Å²) in [6, 6.07) is 6.12. The Morgan fingerprint density at radius 3 is 2.46 bits per heavy atom. The molecule has 0 atom stereocenters. The molecule has 0 unspecified atom stereocenters. The van der Waals surface area contributed by atoms with Gasteiger partial charge in [-0.1, -0.05) is 6.92 Å². The van der Waals surface area contributed by atoms with Gasteiger partial charge in [0.1, 0.15) is 17.2 Å². The van der Waals surface area contributed by atoms with Gasteiger partial charge >= 0.3 is 0 Å². The summed E-state index contributed by atoms with van der Waals surface area (Å²) in [6.07, 6.45) is 3.76. The molecule has 2 aliphatic heterocycles. The van der Waals surface area contributed by atoms with E-state index in [1.165, 1.54) is 12.1 Å². The number of aromatic nitrogens is 2. The average Bonchev–Trinajstić information content (AvgIpc) is 2.74. The molecule has 6 nitrogen and oxygen atoms in total. The summed E-state index contributed by atoms with van der Waals surface area (Å²) < 4.78 is 18.6. The molecule has 0 saturated carbocycles. The molecule has 1 aromatic heterocycles. The lowest BCUT2D eigenvalue weighted by Gasteiger charge is -2.33. The summed E-state index contributed by atoms with van der Waals surface area (Å²) >= 11 is 0. The van der Waals surface area contributed by atoms with Crippen LogP contribution in [0, 0.1) is 11.7 Å². The molecule has 1 amide bonds. The van der Waals surface area contributed by atoms with Gasteiger partial charge < -0.3 is 14.5 Å². The van der Waals surface area contributed by atoms with Crippen molar-refractivity contribution in [3.63, 3.8) is 0 Å². The van der Waals surface area contributed by atoms with Gasteiger partial charge in [0.05, 0.1) is 13.2 Å². The van der Waals surface area contributed by atoms with Gasteiger partial charge in [-0.2, -0.15) is 0 Å². The summed E-state index contributed by atoms with van der Waals surface area (Å²) in [5, 5.41) is 0. The number of carbonyl (C=O) groups is 1. The maximum Gasteiger partial charge on any atom is 0.259 e. The van der Waals surface area contributed by atoms with Gasteiger partial charge in [0, 0.05) is 37.9 Å². The number of anilines is 1. The third kappa shape index (κ3) is 3.99. The Kier molecular flexibility index (Phi) is 5.52. The van der Waals surface area contributed by atoms with Gasteiger partial charge in [-0.25, -0.2) is 14.4 Å². The minimum Gasteiger partial charge on any atom is -0.378 e. The number of rotatable bonds is 3. The largest absolute Gasteiger partial charge is 0.378 e. The van der Waals surface area contributed by atoms with E-state index < -0.39 is 0 Å². The van der Waals surface area contributed by atoms with Crippen LogP contribution in [0.4, 0.5) is 10.2 Å². The van der Waals surface area contributed by atoms with Crippen LogP contribution < -0.4 is 4.90 Å². The predicted molar refractivity (Wildman–Crippen MR) is 105 cm³/mol. The van der Waals surface area contributed by atoms with Crippen molar-refractivity contribution in [3.8, 4) is 11.4 Å². The molecule has 2 saturated heterocycles. The SMILES string of the molecule is CC1CCN(c2nc(-c3ccc(F)cc3)ncc2C(=O)N2CCOCC2)CC1. The maximum absolute atomic E-state index is 13.3. The number of hydrogen-bond acceptors (Lipinski definition) is 5. The monoisotopic (exact) mass is 384 g/mol. The van der Waals surface area contributed by atoms with Crippen LogP contribution in [0.5, 0.6) is 0 Å². The van der Waals surface area contributed by atoms with Gasteiger partial charge in [-0.15, -0.1) is 0 Å². The van der Waals surface area contributed by atoms with Crippen LogP contribution in [0.15, 0.2) is 30.5 Å². The third-order valence-corrected chi connectivity index (χ3v) is 5.48. The summed E-state index contributed by atoms with van der Waals surface area (Å²) in [5.41, 5.74) is 1.26. The molecule has 2 aliphatic rings. The molecule has 0 aliphatic carbocycles. The van der Waals surface area contributed by atoms with E-state index in [9.17, 15) is 9.18 Å². The van der Waals surface area contributed by atoms with Crippen LogP contribution in [-0.2, 0) is 4.74 Å². The molecule has 2 aromatic rings. The number of benzene rings is 1. The predicted octanol–water partition coefficient (Wildman–Crippen LogP) is 2.99. The molecule has 1 aromatic carbocycles. The first kappa shape index (κ1) is 18.8. The van der Waals surface area contributed by atoms with Gasteiger partial charge in [0.25, 0.3) is 5.91 Å². The van der Waals surface area contributed by atoms with E-state index in [4.69, 9.17) is 9.72 Å². The van der Waals surface area contributed by atoms with Crippen molar-refractivity contribution in [3.05, 3.63) is 41.8 Å². The van der Waals surface area contributed by atoms with Crippen molar-refractivity contribution in [1.29, 1.82) is 0 Å². The first-order chi connectivity index (χ1) is 13.6. The molecule has 0 N–H and O–H groups in total. The number of nitrogens with zero attached hydrogens (tertiary/aromatic N) is 4. The second kappa shape index (κ2) is 8.22. The van der Waals surface area contributed by atoms with Crippen LogP contribution >= 0.6 is 0 Å². The highest BCUT2D eigenvalue weighted by molar-refractivity contribution is 5.99. The highest BCUT2D eigenvalue weighted by Crippen LogP contribution is 2.28. The van der Waals surface area contributed by atoms with Crippen molar-refractivity contribution in [1.82, 2.24) is 14.9 Å². The summed E-state index contributed by atoms with van der Waals surface area (Å²) in [4.78, 5) is 26.3. The lowest BCUT2D eigenvalue weighted by Crippen LogP contribution is -2.42. The van der Waals surface area contributed by atoms with Gasteiger partial charge in [-0.05, 0) is 43.0 Å². The van der Waals surface area contributed by atoms with E-state index in [1.54, 1.807) is 23.2 Å². The number of halogens is 1. The Morgan fingerprint density at radius 2 is 1.79 bits per heavy atom. The fourth-order valence-electron chi connectivity index (χ4n) is 3.66. The Labute approximate surface area is 164 Å². The molecule has 3 heterocycles.